The van der Waals surface area contributed by atoms with Gasteiger partial charge in [-0.05, 0) is 49.6 Å². The normalized spacial score (nSPS) is 16.9. The summed E-state index contributed by atoms with van der Waals surface area (Å²) in [6.45, 7) is 5.72. The SMILES string of the molecule is CC#CCCOc1ccc2c(c1)CCC2NCC. The predicted molar refractivity (Wildman–Crippen MR) is 74.7 cm³/mol. The van der Waals surface area contributed by atoms with Gasteiger partial charge in [-0.2, -0.15) is 0 Å². The molecule has 1 aromatic carbocycles. The molecule has 0 heterocycles. The van der Waals surface area contributed by atoms with Crippen molar-refractivity contribution in [2.24, 2.45) is 0 Å². The van der Waals surface area contributed by atoms with Crippen LogP contribution in [0.3, 0.4) is 0 Å². The minimum Gasteiger partial charge on any atom is -0.493 e. The fraction of sp³-hybridized carbons (Fsp3) is 0.500. The van der Waals surface area contributed by atoms with Crippen LogP contribution in [0, 0.1) is 11.8 Å². The lowest BCUT2D eigenvalue weighted by Gasteiger charge is -2.12. The largest absolute Gasteiger partial charge is 0.493 e. The first-order valence-electron chi connectivity index (χ1n) is 6.73. The Balaban J connectivity index is 1.97. The maximum Gasteiger partial charge on any atom is 0.119 e. The molecule has 0 bridgehead atoms. The zero-order chi connectivity index (χ0) is 12.8. The number of fused-ring (bicyclic) bond motifs is 1. The van der Waals surface area contributed by atoms with Crippen molar-refractivity contribution in [2.45, 2.75) is 39.2 Å². The number of aryl methyl sites for hydroxylation is 1. The maximum absolute atomic E-state index is 5.71. The summed E-state index contributed by atoms with van der Waals surface area (Å²) in [7, 11) is 0. The standard InChI is InChI=1S/C16H21NO/c1-3-5-6-11-18-14-8-9-15-13(12-14)7-10-16(15)17-4-2/h8-9,12,16-17H,4,6-7,10-11H2,1-2H3. The van der Waals surface area contributed by atoms with E-state index in [-0.39, 0.29) is 0 Å². The fourth-order valence-corrected chi connectivity index (χ4v) is 2.49. The Morgan fingerprint density at radius 2 is 2.33 bits per heavy atom. The Morgan fingerprint density at radius 1 is 1.44 bits per heavy atom. The Labute approximate surface area is 110 Å². The first-order valence-corrected chi connectivity index (χ1v) is 6.73. The van der Waals surface area contributed by atoms with Gasteiger partial charge in [0.25, 0.3) is 0 Å². The van der Waals surface area contributed by atoms with Gasteiger partial charge in [0.2, 0.25) is 0 Å². The van der Waals surface area contributed by atoms with E-state index in [9.17, 15) is 0 Å². The van der Waals surface area contributed by atoms with Crippen molar-refractivity contribution in [3.05, 3.63) is 29.3 Å². The van der Waals surface area contributed by atoms with Gasteiger partial charge in [0.05, 0.1) is 6.61 Å². The smallest absolute Gasteiger partial charge is 0.119 e. The summed E-state index contributed by atoms with van der Waals surface area (Å²) in [5, 5.41) is 3.52. The van der Waals surface area contributed by atoms with Gasteiger partial charge < -0.3 is 10.1 Å². The van der Waals surface area contributed by atoms with Crippen LogP contribution in [0.4, 0.5) is 0 Å². The zero-order valence-corrected chi connectivity index (χ0v) is 11.3. The monoisotopic (exact) mass is 243 g/mol. The Kier molecular flexibility index (Phi) is 4.66. The highest BCUT2D eigenvalue weighted by molar-refractivity contribution is 5.40. The average Bonchev–Trinajstić information content (AvgIpc) is 2.78. The average molecular weight is 243 g/mol. The third kappa shape index (κ3) is 3.05. The molecule has 0 saturated heterocycles. The highest BCUT2D eigenvalue weighted by Crippen LogP contribution is 2.33. The molecule has 2 heteroatoms. The Hall–Kier alpha value is -1.46. The molecule has 0 amide bonds. The molecule has 1 aliphatic carbocycles. The van der Waals surface area contributed by atoms with Gasteiger partial charge in [-0.1, -0.05) is 13.0 Å². The van der Waals surface area contributed by atoms with Gasteiger partial charge in [0.1, 0.15) is 5.75 Å². The summed E-state index contributed by atoms with van der Waals surface area (Å²) in [6, 6.07) is 7.00. The first kappa shape index (κ1) is 13.0. The van der Waals surface area contributed by atoms with Crippen molar-refractivity contribution < 1.29 is 4.74 Å². The van der Waals surface area contributed by atoms with Crippen LogP contribution in [-0.4, -0.2) is 13.2 Å². The van der Waals surface area contributed by atoms with E-state index in [0.29, 0.717) is 12.6 Å². The number of nitrogens with one attached hydrogen (secondary N) is 1. The molecule has 2 nitrogen and oxygen atoms in total. The summed E-state index contributed by atoms with van der Waals surface area (Å²) in [4.78, 5) is 0. The summed E-state index contributed by atoms with van der Waals surface area (Å²) < 4.78 is 5.71. The highest BCUT2D eigenvalue weighted by Gasteiger charge is 2.21. The van der Waals surface area contributed by atoms with Crippen molar-refractivity contribution in [3.8, 4) is 17.6 Å². The van der Waals surface area contributed by atoms with Crippen molar-refractivity contribution in [1.29, 1.82) is 0 Å². The first-order chi connectivity index (χ1) is 8.85. The molecule has 1 unspecified atom stereocenters. The van der Waals surface area contributed by atoms with Crippen molar-refractivity contribution >= 4 is 0 Å². The fourth-order valence-electron chi connectivity index (χ4n) is 2.49. The quantitative estimate of drug-likeness (QED) is 0.634. The molecule has 96 valence electrons. The van der Waals surface area contributed by atoms with E-state index < -0.39 is 0 Å². The maximum atomic E-state index is 5.71. The van der Waals surface area contributed by atoms with E-state index in [0.717, 1.165) is 25.1 Å². The summed E-state index contributed by atoms with van der Waals surface area (Å²) in [5.74, 6) is 6.86. The minimum absolute atomic E-state index is 0.532. The second-order valence-corrected chi connectivity index (χ2v) is 4.53. The highest BCUT2D eigenvalue weighted by atomic mass is 16.5. The lowest BCUT2D eigenvalue weighted by Crippen LogP contribution is -2.18. The number of hydrogen-bond donors (Lipinski definition) is 1. The van der Waals surface area contributed by atoms with Crippen molar-refractivity contribution in [2.75, 3.05) is 13.2 Å². The number of benzene rings is 1. The van der Waals surface area contributed by atoms with Crippen LogP contribution in [0.1, 0.15) is 43.9 Å². The van der Waals surface area contributed by atoms with E-state index in [2.05, 4.69) is 42.3 Å². The number of rotatable bonds is 5. The Bertz CT molecular complexity index is 456. The van der Waals surface area contributed by atoms with E-state index in [4.69, 9.17) is 4.74 Å². The van der Waals surface area contributed by atoms with Gasteiger partial charge in [0.15, 0.2) is 0 Å². The van der Waals surface area contributed by atoms with Crippen LogP contribution in [0.15, 0.2) is 18.2 Å². The molecule has 0 fully saturated rings. The number of ether oxygens (including phenoxy) is 1. The van der Waals surface area contributed by atoms with Gasteiger partial charge >= 0.3 is 0 Å². The van der Waals surface area contributed by atoms with Gasteiger partial charge in [-0.25, -0.2) is 0 Å². The molecular weight excluding hydrogens is 222 g/mol. The molecule has 0 spiro atoms. The van der Waals surface area contributed by atoms with Gasteiger partial charge in [0, 0.05) is 12.5 Å². The van der Waals surface area contributed by atoms with Crippen LogP contribution < -0.4 is 10.1 Å². The van der Waals surface area contributed by atoms with Crippen LogP contribution >= 0.6 is 0 Å². The lowest BCUT2D eigenvalue weighted by molar-refractivity contribution is 0.327. The van der Waals surface area contributed by atoms with Gasteiger partial charge in [-0.3, -0.25) is 0 Å². The predicted octanol–water partition coefficient (Wildman–Crippen LogP) is 3.08. The lowest BCUT2D eigenvalue weighted by atomic mass is 10.1. The molecule has 18 heavy (non-hydrogen) atoms. The molecule has 0 saturated carbocycles. The molecule has 0 aliphatic heterocycles. The molecular formula is C16H21NO. The van der Waals surface area contributed by atoms with Crippen LogP contribution in [-0.2, 0) is 6.42 Å². The van der Waals surface area contributed by atoms with E-state index in [1.54, 1.807) is 0 Å². The summed E-state index contributed by atoms with van der Waals surface area (Å²) in [6.07, 6.45) is 3.15. The van der Waals surface area contributed by atoms with Crippen LogP contribution in [0.25, 0.3) is 0 Å². The number of hydrogen-bond acceptors (Lipinski definition) is 2. The second-order valence-electron chi connectivity index (χ2n) is 4.53. The molecule has 0 radical (unpaired) electrons. The second kappa shape index (κ2) is 6.47. The molecule has 1 aromatic rings. The minimum atomic E-state index is 0.532. The van der Waals surface area contributed by atoms with Gasteiger partial charge in [-0.15, -0.1) is 11.8 Å². The summed E-state index contributed by atoms with van der Waals surface area (Å²) >= 11 is 0. The molecule has 1 N–H and O–H groups in total. The van der Waals surface area contributed by atoms with E-state index >= 15 is 0 Å². The topological polar surface area (TPSA) is 21.3 Å². The third-order valence-corrected chi connectivity index (χ3v) is 3.32. The van der Waals surface area contributed by atoms with Crippen molar-refractivity contribution in [1.82, 2.24) is 5.32 Å². The zero-order valence-electron chi connectivity index (χ0n) is 11.3. The molecule has 0 aromatic heterocycles. The van der Waals surface area contributed by atoms with E-state index in [1.165, 1.54) is 17.5 Å². The summed E-state index contributed by atoms with van der Waals surface area (Å²) in [5.41, 5.74) is 2.87. The third-order valence-electron chi connectivity index (χ3n) is 3.32. The van der Waals surface area contributed by atoms with E-state index in [1.807, 2.05) is 6.92 Å². The van der Waals surface area contributed by atoms with Crippen LogP contribution in [0.2, 0.25) is 0 Å². The Morgan fingerprint density at radius 3 is 3.11 bits per heavy atom. The van der Waals surface area contributed by atoms with Crippen molar-refractivity contribution in [3.63, 3.8) is 0 Å². The molecule has 2 rings (SSSR count). The molecule has 1 aliphatic rings. The van der Waals surface area contributed by atoms with Crippen LogP contribution in [0.5, 0.6) is 5.75 Å². The molecule has 1 atom stereocenters.